The Kier molecular flexibility index (Phi) is 5.10. The first-order valence-corrected chi connectivity index (χ1v) is 8.75. The summed E-state index contributed by atoms with van der Waals surface area (Å²) in [5.41, 5.74) is 1.32. The van der Waals surface area contributed by atoms with Crippen LogP contribution in [0.5, 0.6) is 5.88 Å². The number of aryl methyl sites for hydroxylation is 2. The maximum Gasteiger partial charge on any atom is 0.261 e. The molecule has 0 spiro atoms. The van der Waals surface area contributed by atoms with Crippen LogP contribution in [0.2, 0.25) is 0 Å². The van der Waals surface area contributed by atoms with E-state index in [1.165, 1.54) is 0 Å². The van der Waals surface area contributed by atoms with E-state index in [0.29, 0.717) is 23.4 Å². The molecule has 0 radical (unpaired) electrons. The van der Waals surface area contributed by atoms with Crippen LogP contribution in [-0.2, 0) is 11.8 Å². The minimum atomic E-state index is 0.0339. The molecule has 2 aliphatic rings. The summed E-state index contributed by atoms with van der Waals surface area (Å²) in [6.07, 6.45) is 1.08. The minimum Gasteiger partial charge on any atom is -0.481 e. The van der Waals surface area contributed by atoms with Gasteiger partial charge in [-0.2, -0.15) is 5.10 Å². The topological polar surface area (TPSA) is 59.8 Å². The normalized spacial score (nSPS) is 25.2. The van der Waals surface area contributed by atoms with Crippen molar-refractivity contribution in [2.75, 3.05) is 46.5 Å². The first-order valence-electron chi connectivity index (χ1n) is 8.75. The molecule has 0 N–H and O–H groups in total. The van der Waals surface area contributed by atoms with Crippen LogP contribution < -0.4 is 4.74 Å². The van der Waals surface area contributed by atoms with Gasteiger partial charge >= 0.3 is 0 Å². The molecule has 1 aromatic rings. The lowest BCUT2D eigenvalue weighted by atomic mass is 9.99. The van der Waals surface area contributed by atoms with Crippen LogP contribution in [0.1, 0.15) is 29.4 Å². The molecule has 134 valence electrons. The van der Waals surface area contributed by atoms with Crippen molar-refractivity contribution in [2.45, 2.75) is 26.3 Å². The summed E-state index contributed by atoms with van der Waals surface area (Å²) in [7, 11) is 3.39. The van der Waals surface area contributed by atoms with Crippen LogP contribution in [0.3, 0.4) is 0 Å². The lowest BCUT2D eigenvalue weighted by Gasteiger charge is -2.34. The van der Waals surface area contributed by atoms with Gasteiger partial charge in [0.15, 0.2) is 0 Å². The number of carbonyl (C=O) groups is 1. The quantitative estimate of drug-likeness (QED) is 0.818. The fourth-order valence-corrected chi connectivity index (χ4v) is 4.02. The van der Waals surface area contributed by atoms with Crippen molar-refractivity contribution in [3.05, 3.63) is 11.3 Å². The second kappa shape index (κ2) is 7.11. The predicted octanol–water partition coefficient (Wildman–Crippen LogP) is 0.920. The monoisotopic (exact) mass is 336 g/mol. The summed E-state index contributed by atoms with van der Waals surface area (Å²) in [4.78, 5) is 17.6. The molecule has 2 atom stereocenters. The third-order valence-electron chi connectivity index (χ3n) is 5.31. The van der Waals surface area contributed by atoms with Crippen molar-refractivity contribution >= 4 is 5.91 Å². The molecule has 0 saturated carbocycles. The Morgan fingerprint density at radius 3 is 2.67 bits per heavy atom. The van der Waals surface area contributed by atoms with Gasteiger partial charge in [-0.3, -0.25) is 9.69 Å². The summed E-state index contributed by atoms with van der Waals surface area (Å²) in [5, 5.41) is 4.34. The number of nitrogens with zero attached hydrogens (tertiary/aromatic N) is 4. The van der Waals surface area contributed by atoms with E-state index >= 15 is 0 Å². The lowest BCUT2D eigenvalue weighted by Crippen LogP contribution is -2.47. The molecule has 0 aromatic carbocycles. The maximum absolute atomic E-state index is 13.1. The molecular weight excluding hydrogens is 308 g/mol. The van der Waals surface area contributed by atoms with Crippen molar-refractivity contribution in [2.24, 2.45) is 13.0 Å². The molecular formula is C17H28N4O3. The number of amides is 1. The van der Waals surface area contributed by atoms with Gasteiger partial charge in [-0.25, -0.2) is 4.68 Å². The van der Waals surface area contributed by atoms with Crippen LogP contribution in [0, 0.1) is 12.8 Å². The van der Waals surface area contributed by atoms with Gasteiger partial charge in [-0.05, 0) is 12.8 Å². The smallest absolute Gasteiger partial charge is 0.261 e. The molecule has 2 saturated heterocycles. The van der Waals surface area contributed by atoms with Gasteiger partial charge in [0.1, 0.15) is 5.56 Å². The standard InChI is InChI=1S/C17H28N4O3/c1-5-13-10-21(11-14(13)20-6-8-24-9-7-20)16(22)15-12(2)18-19(3)17(15)23-4/h13-14H,5-11H2,1-4H3/t13-,14+/m0/s1. The molecule has 0 aliphatic carbocycles. The predicted molar refractivity (Wildman–Crippen MR) is 90.4 cm³/mol. The van der Waals surface area contributed by atoms with Gasteiger partial charge in [0.2, 0.25) is 5.88 Å². The number of ether oxygens (including phenoxy) is 2. The molecule has 1 aromatic heterocycles. The fraction of sp³-hybridized carbons (Fsp3) is 0.765. The van der Waals surface area contributed by atoms with E-state index in [1.807, 2.05) is 11.8 Å². The van der Waals surface area contributed by atoms with Gasteiger partial charge in [-0.1, -0.05) is 13.3 Å². The number of rotatable bonds is 4. The minimum absolute atomic E-state index is 0.0339. The highest BCUT2D eigenvalue weighted by molar-refractivity contribution is 5.97. The number of likely N-dealkylation sites (tertiary alicyclic amines) is 1. The Labute approximate surface area is 143 Å². The third-order valence-corrected chi connectivity index (χ3v) is 5.31. The number of hydrogen-bond acceptors (Lipinski definition) is 5. The highest BCUT2D eigenvalue weighted by Crippen LogP contribution is 2.29. The van der Waals surface area contributed by atoms with Crippen molar-refractivity contribution in [1.29, 1.82) is 0 Å². The first-order chi connectivity index (χ1) is 11.6. The zero-order valence-corrected chi connectivity index (χ0v) is 15.1. The van der Waals surface area contributed by atoms with Crippen LogP contribution >= 0.6 is 0 Å². The van der Waals surface area contributed by atoms with E-state index in [9.17, 15) is 4.79 Å². The SMILES string of the molecule is CC[C@H]1CN(C(=O)c2c(C)nn(C)c2OC)C[C@H]1N1CCOCC1. The summed E-state index contributed by atoms with van der Waals surface area (Å²) < 4.78 is 12.5. The van der Waals surface area contributed by atoms with E-state index in [1.54, 1.807) is 18.8 Å². The third kappa shape index (κ3) is 3.02. The molecule has 2 fully saturated rings. The van der Waals surface area contributed by atoms with Gasteiger partial charge in [0, 0.05) is 39.3 Å². The molecule has 3 rings (SSSR count). The molecule has 3 heterocycles. The summed E-state index contributed by atoms with van der Waals surface area (Å²) in [6, 6.07) is 0.422. The van der Waals surface area contributed by atoms with Crippen LogP contribution in [0.4, 0.5) is 0 Å². The molecule has 2 aliphatic heterocycles. The van der Waals surface area contributed by atoms with Crippen molar-refractivity contribution < 1.29 is 14.3 Å². The van der Waals surface area contributed by atoms with Gasteiger partial charge < -0.3 is 14.4 Å². The second-order valence-electron chi connectivity index (χ2n) is 6.69. The van der Waals surface area contributed by atoms with Gasteiger partial charge in [0.05, 0.1) is 26.0 Å². The highest BCUT2D eigenvalue weighted by Gasteiger charge is 2.39. The Balaban J connectivity index is 1.79. The average Bonchev–Trinajstić information content (AvgIpc) is 3.15. The molecule has 0 bridgehead atoms. The summed E-state index contributed by atoms with van der Waals surface area (Å²) in [5.74, 6) is 1.09. The van der Waals surface area contributed by atoms with Gasteiger partial charge in [-0.15, -0.1) is 0 Å². The van der Waals surface area contributed by atoms with E-state index in [2.05, 4.69) is 16.9 Å². The Bertz CT molecular complexity index is 595. The molecule has 7 heteroatoms. The highest BCUT2D eigenvalue weighted by atomic mass is 16.5. The number of morpholine rings is 1. The second-order valence-corrected chi connectivity index (χ2v) is 6.69. The van der Waals surface area contributed by atoms with Crippen molar-refractivity contribution in [3.8, 4) is 5.88 Å². The zero-order valence-electron chi connectivity index (χ0n) is 15.1. The first kappa shape index (κ1) is 17.2. The number of methoxy groups -OCH3 is 1. The Hall–Kier alpha value is -1.60. The number of hydrogen-bond donors (Lipinski definition) is 0. The van der Waals surface area contributed by atoms with Crippen LogP contribution in [-0.4, -0.2) is 78.0 Å². The largest absolute Gasteiger partial charge is 0.481 e. The zero-order chi connectivity index (χ0) is 17.3. The van der Waals surface area contributed by atoms with Gasteiger partial charge in [0.25, 0.3) is 5.91 Å². The Morgan fingerprint density at radius 2 is 2.04 bits per heavy atom. The van der Waals surface area contributed by atoms with Crippen LogP contribution in [0.15, 0.2) is 0 Å². The molecule has 7 nitrogen and oxygen atoms in total. The van der Waals surface area contributed by atoms with Crippen molar-refractivity contribution in [1.82, 2.24) is 19.6 Å². The van der Waals surface area contributed by atoms with E-state index < -0.39 is 0 Å². The van der Waals surface area contributed by atoms with E-state index in [4.69, 9.17) is 9.47 Å². The molecule has 1 amide bonds. The molecule has 24 heavy (non-hydrogen) atoms. The number of aromatic nitrogens is 2. The summed E-state index contributed by atoms with van der Waals surface area (Å²) in [6.45, 7) is 9.14. The van der Waals surface area contributed by atoms with E-state index in [-0.39, 0.29) is 5.91 Å². The summed E-state index contributed by atoms with van der Waals surface area (Å²) >= 11 is 0. The molecule has 0 unspecified atom stereocenters. The van der Waals surface area contributed by atoms with Crippen LogP contribution in [0.25, 0.3) is 0 Å². The van der Waals surface area contributed by atoms with E-state index in [0.717, 1.165) is 51.5 Å². The average molecular weight is 336 g/mol. The Morgan fingerprint density at radius 1 is 1.33 bits per heavy atom. The lowest BCUT2D eigenvalue weighted by molar-refractivity contribution is 0.0102. The van der Waals surface area contributed by atoms with Crippen molar-refractivity contribution in [3.63, 3.8) is 0 Å². The number of carbonyl (C=O) groups excluding carboxylic acids is 1. The fourth-order valence-electron chi connectivity index (χ4n) is 4.02. The maximum atomic E-state index is 13.1.